The molecule has 0 saturated carbocycles. The highest BCUT2D eigenvalue weighted by Crippen LogP contribution is 2.37. The molecule has 1 atom stereocenters. The van der Waals surface area contributed by atoms with E-state index >= 15 is 0 Å². The van der Waals surface area contributed by atoms with Gasteiger partial charge in [-0.2, -0.15) is 0 Å². The van der Waals surface area contributed by atoms with Gasteiger partial charge in [-0.3, -0.25) is 4.90 Å². The Labute approximate surface area is 171 Å². The number of hydrogen-bond acceptors (Lipinski definition) is 3. The summed E-state index contributed by atoms with van der Waals surface area (Å²) in [5.74, 6) is 0.690. The van der Waals surface area contributed by atoms with Crippen molar-refractivity contribution in [1.82, 2.24) is 15.5 Å². The molecular weight excluding hydrogens is 374 g/mol. The first-order chi connectivity index (χ1) is 13.7. The molecule has 2 amide bonds. The van der Waals surface area contributed by atoms with Crippen LogP contribution in [0.2, 0.25) is 5.02 Å². The third-order valence-corrected chi connectivity index (χ3v) is 5.80. The van der Waals surface area contributed by atoms with Crippen molar-refractivity contribution in [2.24, 2.45) is 0 Å². The van der Waals surface area contributed by atoms with Gasteiger partial charge in [-0.25, -0.2) is 4.79 Å². The van der Waals surface area contributed by atoms with Crippen LogP contribution in [-0.2, 0) is 6.54 Å². The number of halogens is 1. The van der Waals surface area contributed by atoms with Gasteiger partial charge in [0.15, 0.2) is 0 Å². The number of nitrogens with zero attached hydrogens (tertiary/aromatic N) is 1. The number of amides is 2. The van der Waals surface area contributed by atoms with E-state index in [0.29, 0.717) is 17.4 Å². The molecule has 1 fully saturated rings. The Bertz CT molecular complexity index is 807. The maximum Gasteiger partial charge on any atom is 0.315 e. The van der Waals surface area contributed by atoms with Crippen LogP contribution in [0.3, 0.4) is 0 Å². The van der Waals surface area contributed by atoms with E-state index in [2.05, 4.69) is 39.8 Å². The number of para-hydroxylation sites is 1. The smallest absolute Gasteiger partial charge is 0.315 e. The van der Waals surface area contributed by atoms with Crippen molar-refractivity contribution in [3.63, 3.8) is 0 Å². The summed E-state index contributed by atoms with van der Waals surface area (Å²) < 4.78 is 5.67. The number of ether oxygens (including phenoxy) is 1. The first-order valence-electron chi connectivity index (χ1n) is 9.93. The number of likely N-dealkylation sites (tertiary alicyclic amines) is 1. The molecule has 28 heavy (non-hydrogen) atoms. The number of piperidine rings is 1. The molecule has 2 N–H and O–H groups in total. The van der Waals surface area contributed by atoms with Crippen LogP contribution in [-0.4, -0.2) is 36.7 Å². The van der Waals surface area contributed by atoms with Crippen LogP contribution in [0.25, 0.3) is 0 Å². The van der Waals surface area contributed by atoms with Gasteiger partial charge in [0.1, 0.15) is 5.75 Å². The van der Waals surface area contributed by atoms with E-state index in [4.69, 9.17) is 16.3 Å². The summed E-state index contributed by atoms with van der Waals surface area (Å²) in [4.78, 5) is 15.0. The summed E-state index contributed by atoms with van der Waals surface area (Å²) in [5.41, 5.74) is 2.29. The molecule has 1 saturated heterocycles. The van der Waals surface area contributed by atoms with Crippen LogP contribution < -0.4 is 15.4 Å². The normalized spacial score (nSPS) is 20.1. The second kappa shape index (κ2) is 8.84. The zero-order valence-electron chi connectivity index (χ0n) is 15.9. The molecule has 6 heteroatoms. The van der Waals surface area contributed by atoms with Crippen LogP contribution in [0.15, 0.2) is 48.5 Å². The van der Waals surface area contributed by atoms with Gasteiger partial charge in [0.05, 0.1) is 17.7 Å². The number of hydrogen-bond donors (Lipinski definition) is 2. The van der Waals surface area contributed by atoms with Gasteiger partial charge in [-0.05, 0) is 24.5 Å². The molecule has 0 spiro atoms. The summed E-state index contributed by atoms with van der Waals surface area (Å²) >= 11 is 6.21. The minimum absolute atomic E-state index is 0.0689. The van der Waals surface area contributed by atoms with Crippen LogP contribution in [0.4, 0.5) is 4.79 Å². The minimum Gasteiger partial charge on any atom is -0.492 e. The monoisotopic (exact) mass is 399 g/mol. The Morgan fingerprint density at radius 2 is 1.82 bits per heavy atom. The molecule has 0 aromatic heterocycles. The molecule has 0 unspecified atom stereocenters. The lowest BCUT2D eigenvalue weighted by Gasteiger charge is -2.33. The third kappa shape index (κ3) is 4.59. The largest absolute Gasteiger partial charge is 0.492 e. The highest BCUT2D eigenvalue weighted by molar-refractivity contribution is 6.32. The number of nitrogens with one attached hydrogen (secondary N) is 2. The standard InChI is InChI=1S/C22H26ClN3O2/c23-19-8-4-7-18-20(11-14-28-21(18)19)25-22(27)24-17-9-12-26(13-10-17)15-16-5-2-1-3-6-16/h1-8,17,20H,9-15H2,(H2,24,25,27)/t20-/m1/s1. The Balaban J connectivity index is 1.26. The van der Waals surface area contributed by atoms with E-state index in [0.717, 1.165) is 44.5 Å². The molecular formula is C22H26ClN3O2. The maximum atomic E-state index is 12.5. The van der Waals surface area contributed by atoms with Crippen LogP contribution in [0.5, 0.6) is 5.75 Å². The van der Waals surface area contributed by atoms with Crippen molar-refractivity contribution >= 4 is 17.6 Å². The summed E-state index contributed by atoms with van der Waals surface area (Å²) in [6, 6.07) is 16.2. The lowest BCUT2D eigenvalue weighted by atomic mass is 10.0. The van der Waals surface area contributed by atoms with Gasteiger partial charge in [0, 0.05) is 37.7 Å². The fraction of sp³-hybridized carbons (Fsp3) is 0.409. The van der Waals surface area contributed by atoms with Gasteiger partial charge >= 0.3 is 6.03 Å². The average Bonchev–Trinajstić information content (AvgIpc) is 2.71. The van der Waals surface area contributed by atoms with E-state index in [1.165, 1.54) is 5.56 Å². The quantitative estimate of drug-likeness (QED) is 0.812. The van der Waals surface area contributed by atoms with Crippen molar-refractivity contribution < 1.29 is 9.53 Å². The lowest BCUT2D eigenvalue weighted by molar-refractivity contribution is 0.183. The Kier molecular flexibility index (Phi) is 6.03. The second-order valence-electron chi connectivity index (χ2n) is 7.50. The molecule has 4 rings (SSSR count). The molecule has 5 nitrogen and oxygen atoms in total. The predicted molar refractivity (Wildman–Crippen MR) is 111 cm³/mol. The topological polar surface area (TPSA) is 53.6 Å². The van der Waals surface area contributed by atoms with E-state index in [1.54, 1.807) is 0 Å². The first-order valence-corrected chi connectivity index (χ1v) is 10.3. The third-order valence-electron chi connectivity index (χ3n) is 5.50. The fourth-order valence-corrected chi connectivity index (χ4v) is 4.24. The number of benzene rings is 2. The van der Waals surface area contributed by atoms with Crippen LogP contribution in [0.1, 0.15) is 36.4 Å². The first kappa shape index (κ1) is 19.1. The second-order valence-corrected chi connectivity index (χ2v) is 7.91. The molecule has 0 aliphatic carbocycles. The van der Waals surface area contributed by atoms with Gasteiger partial charge < -0.3 is 15.4 Å². The fourth-order valence-electron chi connectivity index (χ4n) is 4.00. The van der Waals surface area contributed by atoms with Crippen molar-refractivity contribution in [2.45, 2.75) is 37.9 Å². The molecule has 2 heterocycles. The van der Waals surface area contributed by atoms with Crippen molar-refractivity contribution in [2.75, 3.05) is 19.7 Å². The highest BCUT2D eigenvalue weighted by Gasteiger charge is 2.26. The number of carbonyl (C=O) groups is 1. The summed E-state index contributed by atoms with van der Waals surface area (Å²) in [5, 5.41) is 6.84. The van der Waals surface area contributed by atoms with Crippen LogP contribution >= 0.6 is 11.6 Å². The van der Waals surface area contributed by atoms with Gasteiger partial charge in [0.2, 0.25) is 0 Å². The van der Waals surface area contributed by atoms with Crippen molar-refractivity contribution in [3.8, 4) is 5.75 Å². The highest BCUT2D eigenvalue weighted by atomic mass is 35.5. The number of carbonyl (C=O) groups excluding carboxylic acids is 1. The zero-order chi connectivity index (χ0) is 19.3. The molecule has 2 aromatic rings. The molecule has 2 aliphatic heterocycles. The Morgan fingerprint density at radius 3 is 2.61 bits per heavy atom. The molecule has 2 aromatic carbocycles. The predicted octanol–water partition coefficient (Wildman–Crippen LogP) is 4.13. The number of fused-ring (bicyclic) bond motifs is 1. The summed E-state index contributed by atoms with van der Waals surface area (Å²) in [6.07, 6.45) is 2.68. The molecule has 148 valence electrons. The van der Waals surface area contributed by atoms with Crippen LogP contribution in [0, 0.1) is 0 Å². The molecule has 2 aliphatic rings. The SMILES string of the molecule is O=C(NC1CCN(Cc2ccccc2)CC1)N[C@@H]1CCOc2c(Cl)cccc21. The Hall–Kier alpha value is -2.24. The minimum atomic E-state index is -0.112. The lowest BCUT2D eigenvalue weighted by Crippen LogP contribution is -2.48. The summed E-state index contributed by atoms with van der Waals surface area (Å²) in [6.45, 7) is 3.52. The number of urea groups is 1. The molecule has 0 bridgehead atoms. The van der Waals surface area contributed by atoms with E-state index in [-0.39, 0.29) is 18.1 Å². The maximum absolute atomic E-state index is 12.5. The zero-order valence-corrected chi connectivity index (χ0v) is 16.6. The number of rotatable bonds is 4. The van der Waals surface area contributed by atoms with E-state index in [9.17, 15) is 4.79 Å². The van der Waals surface area contributed by atoms with Gasteiger partial charge in [-0.15, -0.1) is 0 Å². The average molecular weight is 400 g/mol. The van der Waals surface area contributed by atoms with Gasteiger partial charge in [0.25, 0.3) is 0 Å². The van der Waals surface area contributed by atoms with Crippen molar-refractivity contribution in [3.05, 3.63) is 64.7 Å². The Morgan fingerprint density at radius 1 is 1.04 bits per heavy atom. The van der Waals surface area contributed by atoms with E-state index < -0.39 is 0 Å². The van der Waals surface area contributed by atoms with Gasteiger partial charge in [-0.1, -0.05) is 54.1 Å². The van der Waals surface area contributed by atoms with Crippen molar-refractivity contribution in [1.29, 1.82) is 0 Å². The molecule has 0 radical (unpaired) electrons. The summed E-state index contributed by atoms with van der Waals surface area (Å²) in [7, 11) is 0. The van der Waals surface area contributed by atoms with E-state index in [1.807, 2.05) is 24.3 Å².